The highest BCUT2D eigenvalue weighted by atomic mass is 32.2. The standard InChI is InChI=1S/C21H23N3O4S3/c1-14-8-11-29-21(14)31(26,27)24-9-6-17-18(7-10-24)30-20(23-17)19(25)22-13-15-4-3-5-16(12-15)28-2/h3-5,8,11-12H,6-7,9-10,13H2,1-2H3,(H,22,25). The molecule has 0 aliphatic carbocycles. The van der Waals surface area contributed by atoms with Gasteiger partial charge >= 0.3 is 0 Å². The van der Waals surface area contributed by atoms with E-state index in [2.05, 4.69) is 10.3 Å². The molecule has 0 unspecified atom stereocenters. The van der Waals surface area contributed by atoms with E-state index in [1.807, 2.05) is 37.3 Å². The number of thiophene rings is 1. The molecule has 3 aromatic rings. The SMILES string of the molecule is COc1cccc(CNC(=O)c2nc3c(s2)CCN(S(=O)(=O)c2sccc2C)CC3)c1. The van der Waals surface area contributed by atoms with Crippen molar-refractivity contribution >= 4 is 38.6 Å². The molecule has 1 aromatic carbocycles. The van der Waals surface area contributed by atoms with E-state index in [-0.39, 0.29) is 5.91 Å². The van der Waals surface area contributed by atoms with Crippen molar-refractivity contribution in [3.8, 4) is 5.75 Å². The average Bonchev–Trinajstić information content (AvgIpc) is 3.33. The van der Waals surface area contributed by atoms with E-state index >= 15 is 0 Å². The van der Waals surface area contributed by atoms with Crippen LogP contribution in [0.4, 0.5) is 0 Å². The number of nitrogens with zero attached hydrogens (tertiary/aromatic N) is 2. The Labute approximate surface area is 189 Å². The van der Waals surface area contributed by atoms with Crippen LogP contribution in [0.25, 0.3) is 0 Å². The molecule has 0 saturated carbocycles. The maximum Gasteiger partial charge on any atom is 0.280 e. The van der Waals surface area contributed by atoms with Crippen LogP contribution in [0.2, 0.25) is 0 Å². The quantitative estimate of drug-likeness (QED) is 0.589. The molecule has 31 heavy (non-hydrogen) atoms. The molecule has 10 heteroatoms. The number of hydrogen-bond acceptors (Lipinski definition) is 7. The fourth-order valence-corrected chi connectivity index (χ4v) is 7.47. The van der Waals surface area contributed by atoms with Gasteiger partial charge in [-0.25, -0.2) is 13.4 Å². The summed E-state index contributed by atoms with van der Waals surface area (Å²) in [6, 6.07) is 9.35. The maximum absolute atomic E-state index is 13.0. The van der Waals surface area contributed by atoms with E-state index in [1.54, 1.807) is 12.5 Å². The van der Waals surface area contributed by atoms with Crippen molar-refractivity contribution in [2.45, 2.75) is 30.5 Å². The summed E-state index contributed by atoms with van der Waals surface area (Å²) in [5.41, 5.74) is 2.53. The van der Waals surface area contributed by atoms with E-state index < -0.39 is 10.0 Å². The van der Waals surface area contributed by atoms with Crippen LogP contribution in [0, 0.1) is 6.92 Å². The van der Waals surface area contributed by atoms with Crippen LogP contribution < -0.4 is 10.1 Å². The first-order valence-electron chi connectivity index (χ1n) is 9.82. The second-order valence-electron chi connectivity index (χ2n) is 7.22. The van der Waals surface area contributed by atoms with E-state index in [1.165, 1.54) is 27.0 Å². The first-order valence-corrected chi connectivity index (χ1v) is 13.0. The Hall–Kier alpha value is -2.27. The molecule has 0 atom stereocenters. The summed E-state index contributed by atoms with van der Waals surface area (Å²) in [4.78, 5) is 18.1. The van der Waals surface area contributed by atoms with E-state index in [0.717, 1.165) is 27.4 Å². The fraction of sp³-hybridized carbons (Fsp3) is 0.333. The number of hydrogen-bond donors (Lipinski definition) is 1. The molecule has 1 aliphatic rings. The zero-order valence-electron chi connectivity index (χ0n) is 17.3. The minimum absolute atomic E-state index is 0.223. The molecule has 1 amide bonds. The summed E-state index contributed by atoms with van der Waals surface area (Å²) < 4.78 is 33.1. The molecule has 164 valence electrons. The molecule has 0 spiro atoms. The number of fused-ring (bicyclic) bond motifs is 1. The molecule has 0 saturated heterocycles. The third-order valence-electron chi connectivity index (χ3n) is 5.14. The third kappa shape index (κ3) is 4.67. The maximum atomic E-state index is 13.0. The van der Waals surface area contributed by atoms with Crippen LogP contribution in [-0.4, -0.2) is 43.8 Å². The van der Waals surface area contributed by atoms with Crippen LogP contribution in [0.1, 0.15) is 31.5 Å². The van der Waals surface area contributed by atoms with Gasteiger partial charge in [-0.05, 0) is 48.1 Å². The lowest BCUT2D eigenvalue weighted by Crippen LogP contribution is -2.33. The predicted molar refractivity (Wildman–Crippen MR) is 122 cm³/mol. The predicted octanol–water partition coefficient (Wildman–Crippen LogP) is 3.24. The summed E-state index contributed by atoms with van der Waals surface area (Å²) in [5.74, 6) is 0.518. The fourth-order valence-electron chi connectivity index (χ4n) is 3.46. The molecule has 1 N–H and O–H groups in total. The van der Waals surface area contributed by atoms with Crippen LogP contribution in [0.15, 0.2) is 39.9 Å². The molecule has 3 heterocycles. The topological polar surface area (TPSA) is 88.6 Å². The molecule has 0 bridgehead atoms. The zero-order valence-corrected chi connectivity index (χ0v) is 19.7. The minimum atomic E-state index is -3.50. The molecule has 0 radical (unpaired) electrons. The summed E-state index contributed by atoms with van der Waals surface area (Å²) in [6.07, 6.45) is 1.05. The van der Waals surface area contributed by atoms with Gasteiger partial charge in [-0.2, -0.15) is 4.31 Å². The van der Waals surface area contributed by atoms with Crippen LogP contribution >= 0.6 is 22.7 Å². The summed E-state index contributed by atoms with van der Waals surface area (Å²) >= 11 is 2.60. The van der Waals surface area contributed by atoms with Gasteiger partial charge in [0.05, 0.1) is 12.8 Å². The number of benzene rings is 1. The largest absolute Gasteiger partial charge is 0.497 e. The number of ether oxygens (including phenoxy) is 1. The van der Waals surface area contributed by atoms with Gasteiger partial charge in [-0.15, -0.1) is 22.7 Å². The number of amides is 1. The Bertz CT molecular complexity index is 1170. The van der Waals surface area contributed by atoms with Gasteiger partial charge in [0.2, 0.25) is 0 Å². The molecule has 7 nitrogen and oxygen atoms in total. The Balaban J connectivity index is 1.41. The Morgan fingerprint density at radius 3 is 2.81 bits per heavy atom. The summed E-state index contributed by atoms with van der Waals surface area (Å²) in [5, 5.41) is 5.11. The van der Waals surface area contributed by atoms with Crippen LogP contribution in [-0.2, 0) is 29.4 Å². The Kier molecular flexibility index (Phi) is 6.42. The second kappa shape index (κ2) is 9.07. The van der Waals surface area contributed by atoms with Gasteiger partial charge in [-0.1, -0.05) is 12.1 Å². The number of carbonyl (C=O) groups excluding carboxylic acids is 1. The molecule has 1 aliphatic heterocycles. The van der Waals surface area contributed by atoms with Gasteiger partial charge in [0, 0.05) is 30.9 Å². The second-order valence-corrected chi connectivity index (χ2v) is 11.4. The van der Waals surface area contributed by atoms with E-state index in [4.69, 9.17) is 4.74 Å². The number of aromatic nitrogens is 1. The van der Waals surface area contributed by atoms with Gasteiger partial charge in [0.15, 0.2) is 5.01 Å². The van der Waals surface area contributed by atoms with Crippen molar-refractivity contribution in [1.82, 2.24) is 14.6 Å². The van der Waals surface area contributed by atoms with Crippen LogP contribution in [0.5, 0.6) is 5.75 Å². The van der Waals surface area contributed by atoms with Crippen molar-refractivity contribution in [1.29, 1.82) is 0 Å². The van der Waals surface area contributed by atoms with Gasteiger partial charge in [0.25, 0.3) is 15.9 Å². The Morgan fingerprint density at radius 2 is 2.06 bits per heavy atom. The van der Waals surface area contributed by atoms with Crippen molar-refractivity contribution in [2.75, 3.05) is 20.2 Å². The average molecular weight is 478 g/mol. The molecule has 2 aromatic heterocycles. The smallest absolute Gasteiger partial charge is 0.280 e. The van der Waals surface area contributed by atoms with Gasteiger partial charge in [0.1, 0.15) is 9.96 Å². The number of rotatable bonds is 6. The first kappa shape index (κ1) is 21.9. The number of carbonyl (C=O) groups is 1. The monoisotopic (exact) mass is 477 g/mol. The van der Waals surface area contributed by atoms with E-state index in [0.29, 0.717) is 41.7 Å². The third-order valence-corrected chi connectivity index (χ3v) is 9.86. The van der Waals surface area contributed by atoms with E-state index in [9.17, 15) is 13.2 Å². The Morgan fingerprint density at radius 1 is 1.26 bits per heavy atom. The lowest BCUT2D eigenvalue weighted by Gasteiger charge is -2.19. The molecular weight excluding hydrogens is 454 g/mol. The highest BCUT2D eigenvalue weighted by molar-refractivity contribution is 7.91. The number of sulfonamides is 1. The number of nitrogens with one attached hydrogen (secondary N) is 1. The van der Waals surface area contributed by atoms with Crippen molar-refractivity contribution < 1.29 is 17.9 Å². The van der Waals surface area contributed by atoms with Crippen molar-refractivity contribution in [3.05, 3.63) is 62.4 Å². The number of methoxy groups -OCH3 is 1. The number of aryl methyl sites for hydroxylation is 1. The van der Waals surface area contributed by atoms with Crippen molar-refractivity contribution in [2.24, 2.45) is 0 Å². The normalized spacial score (nSPS) is 14.6. The molecule has 0 fully saturated rings. The lowest BCUT2D eigenvalue weighted by atomic mass is 10.2. The van der Waals surface area contributed by atoms with Crippen LogP contribution in [0.3, 0.4) is 0 Å². The van der Waals surface area contributed by atoms with Gasteiger partial charge in [-0.3, -0.25) is 4.79 Å². The minimum Gasteiger partial charge on any atom is -0.497 e. The highest BCUT2D eigenvalue weighted by Gasteiger charge is 2.30. The molecular formula is C21H23N3O4S3. The summed E-state index contributed by atoms with van der Waals surface area (Å²) in [6.45, 7) is 2.95. The zero-order chi connectivity index (χ0) is 22.0. The van der Waals surface area contributed by atoms with Crippen molar-refractivity contribution in [3.63, 3.8) is 0 Å². The number of thiazole rings is 1. The van der Waals surface area contributed by atoms with Gasteiger partial charge < -0.3 is 10.1 Å². The summed E-state index contributed by atoms with van der Waals surface area (Å²) in [7, 11) is -1.90. The first-order chi connectivity index (χ1) is 14.9. The molecule has 4 rings (SSSR count). The lowest BCUT2D eigenvalue weighted by molar-refractivity contribution is 0.0950. The highest BCUT2D eigenvalue weighted by Crippen LogP contribution is 2.29.